The molecule has 0 bridgehead atoms. The first-order valence-corrected chi connectivity index (χ1v) is 12.4. The Bertz CT molecular complexity index is 1120. The van der Waals surface area contributed by atoms with Gasteiger partial charge in [0.05, 0.1) is 33.8 Å². The van der Waals surface area contributed by atoms with E-state index in [1.54, 1.807) is 49.4 Å². The molecule has 0 atom stereocenters. The average molecular weight is 618 g/mol. The molecule has 0 aromatic heterocycles. The van der Waals surface area contributed by atoms with Gasteiger partial charge in [-0.2, -0.15) is 0 Å². The van der Waals surface area contributed by atoms with Crippen LogP contribution in [0.1, 0.15) is 12.5 Å². The highest BCUT2D eigenvalue weighted by Crippen LogP contribution is 2.37. The smallest absolute Gasteiger partial charge is 0.344 e. The predicted octanol–water partition coefficient (Wildman–Crippen LogP) is 5.01. The summed E-state index contributed by atoms with van der Waals surface area (Å²) >= 11 is 8.96. The molecule has 1 heterocycles. The first-order chi connectivity index (χ1) is 16.3. The van der Waals surface area contributed by atoms with E-state index in [1.807, 2.05) is 22.6 Å². The Labute approximate surface area is 219 Å². The normalized spacial score (nSPS) is 14.5. The van der Waals surface area contributed by atoms with Gasteiger partial charge in [0.2, 0.25) is 0 Å². The van der Waals surface area contributed by atoms with E-state index in [9.17, 15) is 14.4 Å². The zero-order valence-corrected chi connectivity index (χ0v) is 22.1. The molecule has 34 heavy (non-hydrogen) atoms. The minimum Gasteiger partial charge on any atom is -0.493 e. The number of rotatable bonds is 10. The summed E-state index contributed by atoms with van der Waals surface area (Å²) in [5, 5.41) is 0.0739. The summed E-state index contributed by atoms with van der Waals surface area (Å²) in [6, 6.07) is 10.4. The van der Waals surface area contributed by atoms with E-state index in [1.165, 1.54) is 7.11 Å². The number of carbonyl (C=O) groups excluding carboxylic acids is 3. The lowest BCUT2D eigenvalue weighted by molar-refractivity contribution is -0.145. The topological polar surface area (TPSA) is 91.4 Å². The summed E-state index contributed by atoms with van der Waals surface area (Å²) in [5.41, 5.74) is 0.641. The summed E-state index contributed by atoms with van der Waals surface area (Å²) in [6.07, 6.45) is 1.61. The number of hydrogen-bond donors (Lipinski definition) is 0. The molecule has 0 radical (unpaired) electrons. The van der Waals surface area contributed by atoms with Crippen LogP contribution in [0.25, 0.3) is 6.08 Å². The Morgan fingerprint density at radius 1 is 1.18 bits per heavy atom. The number of para-hydroxylation sites is 1. The van der Waals surface area contributed by atoms with Gasteiger partial charge in [-0.3, -0.25) is 14.5 Å². The molecule has 2 aromatic rings. The van der Waals surface area contributed by atoms with Gasteiger partial charge in [0.25, 0.3) is 11.1 Å². The van der Waals surface area contributed by atoms with Crippen LogP contribution in [0, 0.1) is 3.57 Å². The lowest BCUT2D eigenvalue weighted by Crippen LogP contribution is -2.32. The molecular formula is C23H21ClINO7S. The van der Waals surface area contributed by atoms with E-state index in [0.717, 1.165) is 16.7 Å². The Kier molecular flexibility index (Phi) is 9.48. The van der Waals surface area contributed by atoms with Crippen LogP contribution >= 0.6 is 46.0 Å². The standard InChI is InChI=1S/C23H21ClINO7S/c1-3-31-20(27)13-33-21-16(25)10-14(11-18(21)30-2)12-19-22(28)26(23(29)34-19)8-9-32-17-7-5-4-6-15(17)24/h4-7,10-12H,3,8-9,13H2,1-2H3/b19-12-. The third kappa shape index (κ3) is 6.57. The monoisotopic (exact) mass is 617 g/mol. The molecule has 11 heteroatoms. The number of carbonyl (C=O) groups is 3. The largest absolute Gasteiger partial charge is 0.493 e. The Morgan fingerprint density at radius 3 is 2.65 bits per heavy atom. The van der Waals surface area contributed by atoms with Crippen LogP contribution in [-0.2, 0) is 14.3 Å². The highest BCUT2D eigenvalue weighted by atomic mass is 127. The second kappa shape index (κ2) is 12.3. The summed E-state index contributed by atoms with van der Waals surface area (Å²) in [5.74, 6) is 0.359. The fraction of sp³-hybridized carbons (Fsp3) is 0.261. The molecule has 2 amide bonds. The van der Waals surface area contributed by atoms with Gasteiger partial charge in [-0.1, -0.05) is 23.7 Å². The van der Waals surface area contributed by atoms with Gasteiger partial charge in [0, 0.05) is 0 Å². The Hall–Kier alpha value is -2.44. The number of halogens is 2. The number of ether oxygens (including phenoxy) is 4. The lowest BCUT2D eigenvalue weighted by atomic mass is 10.2. The zero-order chi connectivity index (χ0) is 24.7. The molecule has 0 saturated carbocycles. The molecule has 2 aromatic carbocycles. The molecule has 180 valence electrons. The number of hydrogen-bond acceptors (Lipinski definition) is 8. The fourth-order valence-corrected chi connectivity index (χ4v) is 4.79. The first-order valence-electron chi connectivity index (χ1n) is 10.1. The molecule has 1 saturated heterocycles. The molecule has 0 N–H and O–H groups in total. The minimum atomic E-state index is -0.489. The van der Waals surface area contributed by atoms with Gasteiger partial charge in [0.1, 0.15) is 12.4 Å². The van der Waals surface area contributed by atoms with E-state index in [0.29, 0.717) is 31.4 Å². The Balaban J connectivity index is 1.69. The molecule has 8 nitrogen and oxygen atoms in total. The highest BCUT2D eigenvalue weighted by molar-refractivity contribution is 14.1. The Morgan fingerprint density at radius 2 is 1.94 bits per heavy atom. The van der Waals surface area contributed by atoms with Gasteiger partial charge in [-0.15, -0.1) is 0 Å². The van der Waals surface area contributed by atoms with Gasteiger partial charge >= 0.3 is 5.97 Å². The van der Waals surface area contributed by atoms with Crippen LogP contribution in [0.2, 0.25) is 5.02 Å². The average Bonchev–Trinajstić information content (AvgIpc) is 3.06. The van der Waals surface area contributed by atoms with Crippen molar-refractivity contribution in [3.8, 4) is 17.2 Å². The van der Waals surface area contributed by atoms with Crippen molar-refractivity contribution in [1.82, 2.24) is 4.90 Å². The number of thioether (sulfide) groups is 1. The van der Waals surface area contributed by atoms with Crippen molar-refractivity contribution in [2.75, 3.05) is 33.5 Å². The van der Waals surface area contributed by atoms with Crippen LogP contribution in [0.15, 0.2) is 41.3 Å². The van der Waals surface area contributed by atoms with E-state index >= 15 is 0 Å². The number of methoxy groups -OCH3 is 1. The van der Waals surface area contributed by atoms with Crippen molar-refractivity contribution in [3.63, 3.8) is 0 Å². The van der Waals surface area contributed by atoms with E-state index in [4.69, 9.17) is 30.5 Å². The van der Waals surface area contributed by atoms with Gasteiger partial charge < -0.3 is 18.9 Å². The first kappa shape index (κ1) is 26.2. The molecule has 0 unspecified atom stereocenters. The summed E-state index contributed by atoms with van der Waals surface area (Å²) in [6.45, 7) is 1.93. The second-order valence-corrected chi connectivity index (χ2v) is 9.30. The molecule has 1 aliphatic heterocycles. The number of benzene rings is 2. The number of nitrogens with zero attached hydrogens (tertiary/aromatic N) is 1. The maximum atomic E-state index is 12.8. The number of imide groups is 1. The third-order valence-electron chi connectivity index (χ3n) is 4.47. The molecule has 1 aliphatic rings. The van der Waals surface area contributed by atoms with Gasteiger partial charge in [-0.05, 0) is 77.2 Å². The summed E-state index contributed by atoms with van der Waals surface area (Å²) in [4.78, 5) is 38.2. The van der Waals surface area contributed by atoms with E-state index in [-0.39, 0.29) is 36.5 Å². The summed E-state index contributed by atoms with van der Waals surface area (Å²) < 4.78 is 22.1. The maximum Gasteiger partial charge on any atom is 0.344 e. The molecular weight excluding hydrogens is 597 g/mol. The van der Waals surface area contributed by atoms with Crippen molar-refractivity contribution in [2.24, 2.45) is 0 Å². The van der Waals surface area contributed by atoms with Crippen molar-refractivity contribution >= 4 is 69.1 Å². The van der Waals surface area contributed by atoms with Crippen molar-refractivity contribution in [3.05, 3.63) is 55.5 Å². The lowest BCUT2D eigenvalue weighted by Gasteiger charge is -2.14. The van der Waals surface area contributed by atoms with Crippen molar-refractivity contribution in [1.29, 1.82) is 0 Å². The van der Waals surface area contributed by atoms with Crippen molar-refractivity contribution in [2.45, 2.75) is 6.92 Å². The van der Waals surface area contributed by atoms with Gasteiger partial charge in [-0.25, -0.2) is 4.79 Å². The second-order valence-electron chi connectivity index (χ2n) is 6.74. The maximum absolute atomic E-state index is 12.8. The number of esters is 1. The van der Waals surface area contributed by atoms with E-state index in [2.05, 4.69) is 0 Å². The van der Waals surface area contributed by atoms with E-state index < -0.39 is 11.9 Å². The van der Waals surface area contributed by atoms with Crippen LogP contribution in [0.5, 0.6) is 17.2 Å². The zero-order valence-electron chi connectivity index (χ0n) is 18.3. The molecule has 1 fully saturated rings. The van der Waals surface area contributed by atoms with Crippen molar-refractivity contribution < 1.29 is 33.3 Å². The fourth-order valence-electron chi connectivity index (χ4n) is 2.95. The number of amides is 2. The predicted molar refractivity (Wildman–Crippen MR) is 137 cm³/mol. The van der Waals surface area contributed by atoms with Gasteiger partial charge in [0.15, 0.2) is 18.1 Å². The minimum absolute atomic E-state index is 0.0920. The SMILES string of the molecule is CCOC(=O)COc1c(I)cc(/C=C2\SC(=O)N(CCOc3ccccc3Cl)C2=O)cc1OC. The van der Waals surface area contributed by atoms with Crippen LogP contribution < -0.4 is 14.2 Å². The molecule has 0 spiro atoms. The molecule has 0 aliphatic carbocycles. The van der Waals surface area contributed by atoms with Crippen LogP contribution in [-0.4, -0.2) is 55.5 Å². The van der Waals surface area contributed by atoms with Crippen LogP contribution in [0.3, 0.4) is 0 Å². The van der Waals surface area contributed by atoms with Crippen LogP contribution in [0.4, 0.5) is 4.79 Å². The third-order valence-corrected chi connectivity index (χ3v) is 6.49. The summed E-state index contributed by atoms with van der Waals surface area (Å²) in [7, 11) is 1.47. The molecule has 3 rings (SSSR count). The highest BCUT2D eigenvalue weighted by Gasteiger charge is 2.35. The quantitative estimate of drug-likeness (QED) is 0.209.